The predicted molar refractivity (Wildman–Crippen MR) is 78.5 cm³/mol. The van der Waals surface area contributed by atoms with Crippen molar-refractivity contribution in [3.05, 3.63) is 29.8 Å². The summed E-state index contributed by atoms with van der Waals surface area (Å²) in [5.41, 5.74) is 2.26. The Morgan fingerprint density at radius 2 is 1.95 bits per heavy atom. The zero-order chi connectivity index (χ0) is 14.7. The molecule has 5 nitrogen and oxygen atoms in total. The second-order valence-corrected chi connectivity index (χ2v) is 5.42. The van der Waals surface area contributed by atoms with Crippen molar-refractivity contribution in [3.8, 4) is 0 Å². The maximum atomic E-state index is 12.4. The van der Waals surface area contributed by atoms with Crippen molar-refractivity contribution in [2.75, 3.05) is 39.5 Å². The van der Waals surface area contributed by atoms with Crippen LogP contribution in [0, 0.1) is 5.92 Å². The highest BCUT2D eigenvalue weighted by atomic mass is 16.2. The number of nitrogens with one attached hydrogen (secondary N) is 1. The summed E-state index contributed by atoms with van der Waals surface area (Å²) in [5, 5.41) is 3.28. The molecule has 0 bridgehead atoms. The minimum Gasteiger partial charge on any atom is -0.384 e. The third-order valence-corrected chi connectivity index (χ3v) is 3.62. The average Bonchev–Trinajstić information content (AvgIpc) is 2.45. The number of fused-ring (bicyclic) bond motifs is 1. The molecule has 1 aromatic rings. The van der Waals surface area contributed by atoms with Gasteiger partial charge in [0.05, 0.1) is 12.5 Å². The first-order valence-corrected chi connectivity index (χ1v) is 6.76. The van der Waals surface area contributed by atoms with Crippen LogP contribution >= 0.6 is 0 Å². The highest BCUT2D eigenvalue weighted by Crippen LogP contribution is 2.25. The molecule has 5 heteroatoms. The third kappa shape index (κ3) is 3.10. The minimum absolute atomic E-state index is 0.0159. The van der Waals surface area contributed by atoms with Crippen LogP contribution < -0.4 is 5.32 Å². The maximum Gasteiger partial charge on any atom is 0.241 e. The van der Waals surface area contributed by atoms with Gasteiger partial charge in [0.1, 0.15) is 0 Å². The van der Waals surface area contributed by atoms with E-state index >= 15 is 0 Å². The number of benzene rings is 1. The molecule has 1 aliphatic heterocycles. The van der Waals surface area contributed by atoms with Crippen molar-refractivity contribution in [2.45, 2.75) is 6.42 Å². The quantitative estimate of drug-likeness (QED) is 0.888. The summed E-state index contributed by atoms with van der Waals surface area (Å²) in [7, 11) is 5.07. The van der Waals surface area contributed by atoms with Crippen molar-refractivity contribution < 1.29 is 9.59 Å². The van der Waals surface area contributed by atoms with E-state index in [0.29, 0.717) is 6.54 Å². The number of para-hydroxylation sites is 1. The zero-order valence-electron chi connectivity index (χ0n) is 12.2. The van der Waals surface area contributed by atoms with E-state index in [1.165, 1.54) is 9.80 Å². The average molecular weight is 275 g/mol. The molecule has 1 aliphatic rings. The Labute approximate surface area is 119 Å². The van der Waals surface area contributed by atoms with Gasteiger partial charge >= 0.3 is 0 Å². The first-order chi connectivity index (χ1) is 9.49. The number of anilines is 1. The Balaban J connectivity index is 1.99. The molecule has 0 radical (unpaired) electrons. The van der Waals surface area contributed by atoms with Crippen LogP contribution in [-0.4, -0.2) is 55.8 Å². The smallest absolute Gasteiger partial charge is 0.241 e. The van der Waals surface area contributed by atoms with Crippen LogP contribution in [0.2, 0.25) is 0 Å². The van der Waals surface area contributed by atoms with Gasteiger partial charge in [-0.1, -0.05) is 18.2 Å². The lowest BCUT2D eigenvalue weighted by Gasteiger charge is -2.29. The van der Waals surface area contributed by atoms with Gasteiger partial charge in [-0.2, -0.15) is 0 Å². The van der Waals surface area contributed by atoms with Crippen LogP contribution in [-0.2, 0) is 16.0 Å². The van der Waals surface area contributed by atoms with E-state index in [0.717, 1.165) is 17.7 Å². The van der Waals surface area contributed by atoms with Crippen LogP contribution in [0.5, 0.6) is 0 Å². The van der Waals surface area contributed by atoms with E-state index in [-0.39, 0.29) is 24.3 Å². The summed E-state index contributed by atoms with van der Waals surface area (Å²) in [5.74, 6) is -0.155. The highest BCUT2D eigenvalue weighted by Gasteiger charge is 2.27. The fraction of sp³-hybridized carbons (Fsp3) is 0.467. The van der Waals surface area contributed by atoms with Crippen molar-refractivity contribution in [2.24, 2.45) is 5.92 Å². The monoisotopic (exact) mass is 275 g/mol. The number of likely N-dealkylation sites (N-methyl/N-ethyl adjacent to an activating group) is 2. The first kappa shape index (κ1) is 14.4. The number of amides is 2. The summed E-state index contributed by atoms with van der Waals surface area (Å²) >= 11 is 0. The molecular weight excluding hydrogens is 254 g/mol. The molecule has 0 aromatic heterocycles. The van der Waals surface area contributed by atoms with Gasteiger partial charge < -0.3 is 15.1 Å². The van der Waals surface area contributed by atoms with Gasteiger partial charge in [0.2, 0.25) is 11.8 Å². The molecule has 0 saturated carbocycles. The molecule has 1 aromatic carbocycles. The van der Waals surface area contributed by atoms with Crippen molar-refractivity contribution >= 4 is 17.5 Å². The summed E-state index contributed by atoms with van der Waals surface area (Å²) in [6.07, 6.45) is 0.725. The number of carbonyl (C=O) groups excluding carboxylic acids is 2. The summed E-state index contributed by atoms with van der Waals surface area (Å²) in [4.78, 5) is 27.1. The van der Waals surface area contributed by atoms with Crippen LogP contribution in [0.1, 0.15) is 5.56 Å². The zero-order valence-corrected chi connectivity index (χ0v) is 12.2. The second-order valence-electron chi connectivity index (χ2n) is 5.42. The molecule has 108 valence electrons. The lowest BCUT2D eigenvalue weighted by molar-refractivity contribution is -0.140. The number of hydrogen-bond acceptors (Lipinski definition) is 3. The Morgan fingerprint density at radius 3 is 2.65 bits per heavy atom. The van der Waals surface area contributed by atoms with Gasteiger partial charge in [-0.3, -0.25) is 9.59 Å². The molecule has 1 N–H and O–H groups in total. The number of nitrogens with zero attached hydrogens (tertiary/aromatic N) is 2. The number of rotatable bonds is 3. The lowest BCUT2D eigenvalue weighted by Crippen LogP contribution is -2.43. The van der Waals surface area contributed by atoms with Gasteiger partial charge in [-0.15, -0.1) is 0 Å². The molecule has 2 amide bonds. The first-order valence-electron chi connectivity index (χ1n) is 6.76. The molecule has 1 atom stereocenters. The van der Waals surface area contributed by atoms with Crippen LogP contribution in [0.4, 0.5) is 5.69 Å². The molecule has 1 unspecified atom stereocenters. The van der Waals surface area contributed by atoms with E-state index in [1.54, 1.807) is 21.1 Å². The SMILES string of the molecule is CN(C)C(=O)CN(C)C(=O)C1CNc2ccccc2C1. The van der Waals surface area contributed by atoms with E-state index in [4.69, 9.17) is 0 Å². The third-order valence-electron chi connectivity index (χ3n) is 3.62. The molecule has 0 saturated heterocycles. The van der Waals surface area contributed by atoms with Crippen LogP contribution in [0.3, 0.4) is 0 Å². The van der Waals surface area contributed by atoms with Gasteiger partial charge in [0.15, 0.2) is 0 Å². The molecule has 1 heterocycles. The molecule has 20 heavy (non-hydrogen) atoms. The largest absolute Gasteiger partial charge is 0.384 e. The van der Waals surface area contributed by atoms with Gasteiger partial charge in [0, 0.05) is 33.4 Å². The summed E-state index contributed by atoms with van der Waals surface area (Å²) in [6, 6.07) is 8.02. The second kappa shape index (κ2) is 5.94. The van der Waals surface area contributed by atoms with E-state index in [2.05, 4.69) is 5.32 Å². The van der Waals surface area contributed by atoms with Gasteiger partial charge in [-0.05, 0) is 18.1 Å². The Kier molecular flexibility index (Phi) is 4.27. The van der Waals surface area contributed by atoms with Crippen molar-refractivity contribution in [1.29, 1.82) is 0 Å². The van der Waals surface area contributed by atoms with Crippen LogP contribution in [0.15, 0.2) is 24.3 Å². The fourth-order valence-electron chi connectivity index (χ4n) is 2.35. The molecule has 2 rings (SSSR count). The normalized spacial score (nSPS) is 16.9. The summed E-state index contributed by atoms with van der Waals surface area (Å²) in [6.45, 7) is 0.750. The Hall–Kier alpha value is -2.04. The number of hydrogen-bond donors (Lipinski definition) is 1. The van der Waals surface area contributed by atoms with E-state index in [9.17, 15) is 9.59 Å². The molecular formula is C15H21N3O2. The molecule has 0 spiro atoms. The van der Waals surface area contributed by atoms with Crippen molar-refractivity contribution in [1.82, 2.24) is 9.80 Å². The van der Waals surface area contributed by atoms with Gasteiger partial charge in [0.25, 0.3) is 0 Å². The fourth-order valence-corrected chi connectivity index (χ4v) is 2.35. The molecule has 0 aliphatic carbocycles. The van der Waals surface area contributed by atoms with Gasteiger partial charge in [-0.25, -0.2) is 0 Å². The Bertz CT molecular complexity index is 514. The van der Waals surface area contributed by atoms with E-state index in [1.807, 2.05) is 24.3 Å². The summed E-state index contributed by atoms with van der Waals surface area (Å²) < 4.78 is 0. The van der Waals surface area contributed by atoms with Crippen molar-refractivity contribution in [3.63, 3.8) is 0 Å². The van der Waals surface area contributed by atoms with Crippen LogP contribution in [0.25, 0.3) is 0 Å². The Morgan fingerprint density at radius 1 is 1.25 bits per heavy atom. The molecule has 0 fully saturated rings. The standard InChI is InChI=1S/C15H21N3O2/c1-17(2)14(19)10-18(3)15(20)12-8-11-6-4-5-7-13(11)16-9-12/h4-7,12,16H,8-10H2,1-3H3. The maximum absolute atomic E-state index is 12.4. The topological polar surface area (TPSA) is 52.7 Å². The lowest BCUT2D eigenvalue weighted by atomic mass is 9.93. The number of carbonyl (C=O) groups is 2. The highest BCUT2D eigenvalue weighted by molar-refractivity contribution is 5.86. The van der Waals surface area contributed by atoms with E-state index < -0.39 is 0 Å². The minimum atomic E-state index is -0.107. The predicted octanol–water partition coefficient (Wildman–Crippen LogP) is 0.817.